The Kier molecular flexibility index (Phi) is 7.09. The fourth-order valence-electron chi connectivity index (χ4n) is 2.03. The number of nitrogens with one attached hydrogen (secondary N) is 2. The van der Waals surface area contributed by atoms with Gasteiger partial charge in [-0.2, -0.15) is 0 Å². The molecular formula is C19H17FN2O6. The van der Waals surface area contributed by atoms with E-state index in [0.29, 0.717) is 5.56 Å². The topological polar surface area (TPSA) is 114 Å². The van der Waals surface area contributed by atoms with Gasteiger partial charge in [-0.05, 0) is 35.9 Å². The number of carbonyl (C=O) groups excluding carboxylic acids is 3. The number of para-hydroxylation sites is 1. The minimum atomic E-state index is -0.960. The number of hydrogen-bond donors (Lipinski definition) is 3. The van der Waals surface area contributed by atoms with Gasteiger partial charge < -0.3 is 19.9 Å². The number of amides is 3. The van der Waals surface area contributed by atoms with Crippen LogP contribution in [-0.4, -0.2) is 36.7 Å². The molecule has 3 amide bonds. The third kappa shape index (κ3) is 6.13. The van der Waals surface area contributed by atoms with Crippen LogP contribution in [-0.2, 0) is 14.3 Å². The van der Waals surface area contributed by atoms with Gasteiger partial charge in [0.15, 0.2) is 18.1 Å². The van der Waals surface area contributed by atoms with Crippen LogP contribution >= 0.6 is 0 Å². The highest BCUT2D eigenvalue weighted by atomic mass is 19.1. The highest BCUT2D eigenvalue weighted by Gasteiger charge is 2.11. The Labute approximate surface area is 159 Å². The van der Waals surface area contributed by atoms with Gasteiger partial charge in [-0.3, -0.25) is 10.1 Å². The summed E-state index contributed by atoms with van der Waals surface area (Å²) in [5, 5.41) is 13.6. The molecule has 146 valence electrons. The zero-order valence-electron chi connectivity index (χ0n) is 14.8. The van der Waals surface area contributed by atoms with E-state index < -0.39 is 30.3 Å². The van der Waals surface area contributed by atoms with E-state index in [4.69, 9.17) is 9.47 Å². The monoisotopic (exact) mass is 388 g/mol. The van der Waals surface area contributed by atoms with Crippen molar-refractivity contribution in [2.75, 3.05) is 19.0 Å². The molecule has 0 aliphatic heterocycles. The molecule has 28 heavy (non-hydrogen) atoms. The largest absolute Gasteiger partial charge is 0.504 e. The number of phenols is 1. The Morgan fingerprint density at radius 1 is 1.18 bits per heavy atom. The van der Waals surface area contributed by atoms with E-state index in [1.165, 1.54) is 43.5 Å². The first-order valence-corrected chi connectivity index (χ1v) is 7.96. The fraction of sp³-hybridized carbons (Fsp3) is 0.105. The van der Waals surface area contributed by atoms with E-state index in [1.54, 1.807) is 6.07 Å². The number of anilines is 1. The number of hydrogen-bond acceptors (Lipinski definition) is 6. The average Bonchev–Trinajstić information content (AvgIpc) is 2.67. The molecule has 3 N–H and O–H groups in total. The molecular weight excluding hydrogens is 371 g/mol. The molecule has 8 nitrogen and oxygen atoms in total. The number of rotatable bonds is 6. The van der Waals surface area contributed by atoms with Gasteiger partial charge >= 0.3 is 12.0 Å². The van der Waals surface area contributed by atoms with Crippen molar-refractivity contribution in [1.29, 1.82) is 0 Å². The smallest absolute Gasteiger partial charge is 0.331 e. The summed E-state index contributed by atoms with van der Waals surface area (Å²) in [6.45, 7) is -0.702. The van der Waals surface area contributed by atoms with Crippen LogP contribution in [0.25, 0.3) is 6.08 Å². The standard InChI is InChI=1S/C19H17FN2O6/c1-27-16-10-12(6-8-15(16)23)7-9-18(25)28-11-17(24)22-19(26)21-14-5-3-2-4-13(14)20/h2-10,23H,11H2,1H3,(H2,21,22,24,26)/b9-7+. The van der Waals surface area contributed by atoms with Gasteiger partial charge in [0.25, 0.3) is 5.91 Å². The van der Waals surface area contributed by atoms with Gasteiger partial charge in [-0.1, -0.05) is 18.2 Å². The number of carbonyl (C=O) groups is 3. The van der Waals surface area contributed by atoms with Gasteiger partial charge in [0, 0.05) is 6.08 Å². The molecule has 0 aromatic heterocycles. The molecule has 0 atom stereocenters. The maximum atomic E-state index is 13.4. The zero-order valence-corrected chi connectivity index (χ0v) is 14.8. The lowest BCUT2D eigenvalue weighted by molar-refractivity contribution is -0.143. The molecule has 0 fully saturated rings. The Morgan fingerprint density at radius 2 is 1.93 bits per heavy atom. The van der Waals surface area contributed by atoms with Crippen molar-refractivity contribution in [2.24, 2.45) is 0 Å². The van der Waals surface area contributed by atoms with Crippen LogP contribution in [0.4, 0.5) is 14.9 Å². The number of methoxy groups -OCH3 is 1. The number of imide groups is 1. The normalized spacial score (nSPS) is 10.4. The minimum absolute atomic E-state index is 0.0486. The summed E-state index contributed by atoms with van der Waals surface area (Å²) in [7, 11) is 1.39. The molecule has 0 saturated heterocycles. The lowest BCUT2D eigenvalue weighted by atomic mass is 10.2. The van der Waals surface area contributed by atoms with Crippen LogP contribution in [0.3, 0.4) is 0 Å². The molecule has 0 spiro atoms. The highest BCUT2D eigenvalue weighted by Crippen LogP contribution is 2.26. The lowest BCUT2D eigenvalue weighted by Gasteiger charge is -2.07. The molecule has 2 aromatic carbocycles. The first-order chi connectivity index (χ1) is 13.4. The molecule has 0 radical (unpaired) electrons. The molecule has 0 aliphatic carbocycles. The summed E-state index contributed by atoms with van der Waals surface area (Å²) in [6.07, 6.45) is 2.46. The first-order valence-electron chi connectivity index (χ1n) is 7.96. The van der Waals surface area contributed by atoms with Crippen molar-refractivity contribution in [3.63, 3.8) is 0 Å². The highest BCUT2D eigenvalue weighted by molar-refractivity contribution is 6.02. The summed E-state index contributed by atoms with van der Waals surface area (Å²) in [6, 6.07) is 8.91. The van der Waals surface area contributed by atoms with E-state index in [0.717, 1.165) is 12.1 Å². The van der Waals surface area contributed by atoms with Crippen molar-refractivity contribution in [1.82, 2.24) is 5.32 Å². The molecule has 2 rings (SSSR count). The number of esters is 1. The first kappa shape index (κ1) is 20.4. The van der Waals surface area contributed by atoms with E-state index in [2.05, 4.69) is 5.32 Å². The summed E-state index contributed by atoms with van der Waals surface area (Å²) in [4.78, 5) is 34.9. The van der Waals surface area contributed by atoms with Crippen molar-refractivity contribution in [3.8, 4) is 11.5 Å². The number of aromatic hydroxyl groups is 1. The van der Waals surface area contributed by atoms with Crippen LogP contribution in [0.5, 0.6) is 11.5 Å². The van der Waals surface area contributed by atoms with Crippen molar-refractivity contribution in [3.05, 3.63) is 59.9 Å². The Balaban J connectivity index is 1.79. The second kappa shape index (κ2) is 9.72. The van der Waals surface area contributed by atoms with Crippen molar-refractivity contribution >= 4 is 29.7 Å². The predicted molar refractivity (Wildman–Crippen MR) is 98.2 cm³/mol. The maximum absolute atomic E-state index is 13.4. The van der Waals surface area contributed by atoms with Crippen LogP contribution in [0.1, 0.15) is 5.56 Å². The Hall–Kier alpha value is -3.88. The Bertz CT molecular complexity index is 913. The van der Waals surface area contributed by atoms with Gasteiger partial charge in [0.2, 0.25) is 0 Å². The molecule has 0 saturated carbocycles. The quantitative estimate of drug-likeness (QED) is 0.517. The number of urea groups is 1. The van der Waals surface area contributed by atoms with E-state index in [9.17, 15) is 23.9 Å². The molecule has 0 aliphatic rings. The molecule has 2 aromatic rings. The summed E-state index contributed by atoms with van der Waals surface area (Å²) >= 11 is 0. The van der Waals surface area contributed by atoms with Gasteiger partial charge in [0.1, 0.15) is 5.82 Å². The van der Waals surface area contributed by atoms with Crippen molar-refractivity contribution < 1.29 is 33.4 Å². The van der Waals surface area contributed by atoms with E-state index >= 15 is 0 Å². The summed E-state index contributed by atoms with van der Waals surface area (Å²) in [5.74, 6) is -2.19. The second-order valence-corrected chi connectivity index (χ2v) is 5.35. The average molecular weight is 388 g/mol. The fourth-order valence-corrected chi connectivity index (χ4v) is 2.03. The summed E-state index contributed by atoms with van der Waals surface area (Å²) < 4.78 is 23.1. The van der Waals surface area contributed by atoms with Crippen LogP contribution in [0.2, 0.25) is 0 Å². The Morgan fingerprint density at radius 3 is 2.64 bits per heavy atom. The number of halogens is 1. The lowest BCUT2D eigenvalue weighted by Crippen LogP contribution is -2.37. The summed E-state index contributed by atoms with van der Waals surface area (Å²) in [5.41, 5.74) is 0.456. The minimum Gasteiger partial charge on any atom is -0.504 e. The predicted octanol–water partition coefficient (Wildman–Crippen LogP) is 2.44. The molecule has 0 bridgehead atoms. The van der Waals surface area contributed by atoms with Gasteiger partial charge in [0.05, 0.1) is 12.8 Å². The number of phenolic OH excluding ortho intramolecular Hbond substituents is 1. The van der Waals surface area contributed by atoms with Gasteiger partial charge in [-0.15, -0.1) is 0 Å². The molecule has 9 heteroatoms. The van der Waals surface area contributed by atoms with Crippen LogP contribution in [0.15, 0.2) is 48.5 Å². The zero-order chi connectivity index (χ0) is 20.5. The number of benzene rings is 2. The number of ether oxygens (including phenoxy) is 2. The second-order valence-electron chi connectivity index (χ2n) is 5.35. The third-order valence-corrected chi connectivity index (χ3v) is 3.34. The van der Waals surface area contributed by atoms with Crippen LogP contribution < -0.4 is 15.4 Å². The molecule has 0 unspecified atom stereocenters. The SMILES string of the molecule is COc1cc(/C=C/C(=O)OCC(=O)NC(=O)Nc2ccccc2F)ccc1O. The maximum Gasteiger partial charge on any atom is 0.331 e. The van der Waals surface area contributed by atoms with Crippen LogP contribution in [0, 0.1) is 5.82 Å². The van der Waals surface area contributed by atoms with Gasteiger partial charge in [-0.25, -0.2) is 14.0 Å². The third-order valence-electron chi connectivity index (χ3n) is 3.34. The van der Waals surface area contributed by atoms with Crippen molar-refractivity contribution in [2.45, 2.75) is 0 Å². The van der Waals surface area contributed by atoms with E-state index in [-0.39, 0.29) is 17.2 Å². The van der Waals surface area contributed by atoms with E-state index in [1.807, 2.05) is 5.32 Å². The molecule has 0 heterocycles.